The monoisotopic (exact) mass is 299 g/mol. The van der Waals surface area contributed by atoms with Crippen LogP contribution in [0, 0.1) is 0 Å². The van der Waals surface area contributed by atoms with E-state index >= 15 is 0 Å². The van der Waals surface area contributed by atoms with Gasteiger partial charge in [-0.2, -0.15) is 0 Å². The van der Waals surface area contributed by atoms with Crippen molar-refractivity contribution in [2.45, 2.75) is 12.8 Å². The van der Waals surface area contributed by atoms with E-state index < -0.39 is 30.9 Å². The van der Waals surface area contributed by atoms with Crippen molar-refractivity contribution in [1.29, 1.82) is 0 Å². The number of aliphatic carboxylic acids is 2. The van der Waals surface area contributed by atoms with E-state index in [0.717, 1.165) is 10.5 Å². The van der Waals surface area contributed by atoms with Crippen molar-refractivity contribution >= 4 is 29.4 Å². The first-order valence-electron chi connectivity index (χ1n) is 5.85. The molecule has 0 spiro atoms. The maximum atomic E-state index is 11.9. The molecule has 20 heavy (non-hydrogen) atoms. The van der Waals surface area contributed by atoms with Crippen LogP contribution in [0.3, 0.4) is 0 Å². The molecule has 0 unspecified atom stereocenters. The predicted molar refractivity (Wildman–Crippen MR) is 71.6 cm³/mol. The number of amides is 1. The molecule has 7 heteroatoms. The van der Waals surface area contributed by atoms with Crippen LogP contribution in [0.25, 0.3) is 0 Å². The van der Waals surface area contributed by atoms with Gasteiger partial charge >= 0.3 is 11.9 Å². The van der Waals surface area contributed by atoms with Crippen LogP contribution in [-0.2, 0) is 20.8 Å². The van der Waals surface area contributed by atoms with Gasteiger partial charge in [-0.05, 0) is 18.1 Å². The van der Waals surface area contributed by atoms with Gasteiger partial charge in [0.1, 0.15) is 13.1 Å². The quantitative estimate of drug-likeness (QED) is 0.790. The Morgan fingerprint density at radius 3 is 2.10 bits per heavy atom. The zero-order valence-corrected chi connectivity index (χ0v) is 11.3. The lowest BCUT2D eigenvalue weighted by molar-refractivity contribution is -0.149. The Labute approximate surface area is 120 Å². The smallest absolute Gasteiger partial charge is 0.323 e. The molecule has 1 aromatic rings. The highest BCUT2D eigenvalue weighted by Crippen LogP contribution is 2.16. The second-order valence-electron chi connectivity index (χ2n) is 4.13. The summed E-state index contributed by atoms with van der Waals surface area (Å²) in [5.74, 6) is -3.04. The molecule has 0 heterocycles. The molecule has 0 aliphatic carbocycles. The van der Waals surface area contributed by atoms with Gasteiger partial charge < -0.3 is 15.1 Å². The largest absolute Gasteiger partial charge is 0.480 e. The summed E-state index contributed by atoms with van der Waals surface area (Å²) in [5, 5.41) is 17.9. The number of hydrogen-bond acceptors (Lipinski definition) is 3. The Kier molecular flexibility index (Phi) is 5.99. The fourth-order valence-electron chi connectivity index (χ4n) is 1.66. The first kappa shape index (κ1) is 16.0. The molecule has 0 fully saturated rings. The summed E-state index contributed by atoms with van der Waals surface area (Å²) in [6.45, 7) is -1.26. The Bertz CT molecular complexity index is 501. The predicted octanol–water partition coefficient (Wildman–Crippen LogP) is 1.27. The molecule has 0 radical (unpaired) electrons. The highest BCUT2D eigenvalue weighted by atomic mass is 35.5. The lowest BCUT2D eigenvalue weighted by atomic mass is 10.1. The van der Waals surface area contributed by atoms with E-state index in [2.05, 4.69) is 0 Å². The van der Waals surface area contributed by atoms with Crippen LogP contribution in [0.15, 0.2) is 24.3 Å². The molecule has 108 valence electrons. The first-order chi connectivity index (χ1) is 9.40. The minimum absolute atomic E-state index is 0.00426. The lowest BCUT2D eigenvalue weighted by Gasteiger charge is -2.18. The van der Waals surface area contributed by atoms with Crippen LogP contribution in [0.5, 0.6) is 0 Å². The number of nitrogens with zero attached hydrogens (tertiary/aromatic N) is 1. The molecule has 2 N–H and O–H groups in total. The van der Waals surface area contributed by atoms with E-state index in [1.165, 1.54) is 0 Å². The minimum atomic E-state index is -1.25. The van der Waals surface area contributed by atoms with Crippen molar-refractivity contribution in [3.05, 3.63) is 34.9 Å². The van der Waals surface area contributed by atoms with Crippen LogP contribution in [-0.4, -0.2) is 46.0 Å². The molecule has 1 aromatic carbocycles. The van der Waals surface area contributed by atoms with Gasteiger partial charge in [-0.1, -0.05) is 29.8 Å². The van der Waals surface area contributed by atoms with Gasteiger partial charge in [-0.3, -0.25) is 14.4 Å². The van der Waals surface area contributed by atoms with Crippen LogP contribution in [0.4, 0.5) is 0 Å². The highest BCUT2D eigenvalue weighted by Gasteiger charge is 2.19. The minimum Gasteiger partial charge on any atom is -0.480 e. The summed E-state index contributed by atoms with van der Waals surface area (Å²) in [7, 11) is 0. The SMILES string of the molecule is O=C(O)CN(CC(=O)O)C(=O)CCc1ccccc1Cl. The van der Waals surface area contributed by atoms with Gasteiger partial charge in [-0.25, -0.2) is 0 Å². The standard InChI is InChI=1S/C13H14ClNO5/c14-10-4-2-1-3-9(10)5-6-11(16)15(7-12(17)18)8-13(19)20/h1-4H,5-8H2,(H,17,18)(H,19,20). The van der Waals surface area contributed by atoms with E-state index in [4.69, 9.17) is 21.8 Å². The molecule has 0 aliphatic rings. The number of carboxylic acids is 2. The van der Waals surface area contributed by atoms with Crippen molar-refractivity contribution in [2.24, 2.45) is 0 Å². The second-order valence-corrected chi connectivity index (χ2v) is 4.54. The summed E-state index contributed by atoms with van der Waals surface area (Å²) in [4.78, 5) is 33.9. The first-order valence-corrected chi connectivity index (χ1v) is 6.22. The van der Waals surface area contributed by atoms with Gasteiger partial charge in [0.15, 0.2) is 0 Å². The van der Waals surface area contributed by atoms with Crippen molar-refractivity contribution in [1.82, 2.24) is 4.90 Å². The average Bonchev–Trinajstić information content (AvgIpc) is 2.35. The molecule has 0 saturated carbocycles. The van der Waals surface area contributed by atoms with E-state index in [-0.39, 0.29) is 6.42 Å². The summed E-state index contributed by atoms with van der Waals surface area (Å²) in [6, 6.07) is 6.98. The topological polar surface area (TPSA) is 94.9 Å². The number of carbonyl (C=O) groups excluding carboxylic acids is 1. The number of halogens is 1. The molecule has 0 atom stereocenters. The zero-order chi connectivity index (χ0) is 15.1. The third kappa shape index (κ3) is 5.27. The van der Waals surface area contributed by atoms with E-state index in [0.29, 0.717) is 11.4 Å². The van der Waals surface area contributed by atoms with Gasteiger partial charge in [0.2, 0.25) is 5.91 Å². The number of aryl methyl sites for hydroxylation is 1. The van der Waals surface area contributed by atoms with Crippen molar-refractivity contribution in [3.8, 4) is 0 Å². The summed E-state index contributed by atoms with van der Waals surface area (Å²) >= 11 is 5.94. The Hall–Kier alpha value is -2.08. The summed E-state index contributed by atoms with van der Waals surface area (Å²) in [6.07, 6.45) is 0.332. The summed E-state index contributed by atoms with van der Waals surface area (Å²) in [5.41, 5.74) is 0.758. The fraction of sp³-hybridized carbons (Fsp3) is 0.308. The maximum absolute atomic E-state index is 11.9. The van der Waals surface area contributed by atoms with Crippen LogP contribution in [0.2, 0.25) is 5.02 Å². The van der Waals surface area contributed by atoms with E-state index in [1.54, 1.807) is 24.3 Å². The number of carbonyl (C=O) groups is 3. The van der Waals surface area contributed by atoms with Crippen LogP contribution in [0.1, 0.15) is 12.0 Å². The zero-order valence-electron chi connectivity index (χ0n) is 10.6. The molecule has 0 aliphatic heterocycles. The molecular weight excluding hydrogens is 286 g/mol. The van der Waals surface area contributed by atoms with Crippen molar-refractivity contribution in [3.63, 3.8) is 0 Å². The third-order valence-electron chi connectivity index (χ3n) is 2.57. The van der Waals surface area contributed by atoms with Gasteiger partial charge in [-0.15, -0.1) is 0 Å². The maximum Gasteiger partial charge on any atom is 0.323 e. The molecule has 0 saturated heterocycles. The van der Waals surface area contributed by atoms with Crippen LogP contribution >= 0.6 is 11.6 Å². The molecular formula is C13H14ClNO5. The average molecular weight is 300 g/mol. The summed E-state index contributed by atoms with van der Waals surface area (Å²) < 4.78 is 0. The number of carboxylic acid groups (broad SMARTS) is 2. The normalized spacial score (nSPS) is 10.1. The number of rotatable bonds is 7. The van der Waals surface area contributed by atoms with Crippen molar-refractivity contribution in [2.75, 3.05) is 13.1 Å². The van der Waals surface area contributed by atoms with Crippen LogP contribution < -0.4 is 0 Å². The fourth-order valence-corrected chi connectivity index (χ4v) is 1.89. The number of hydrogen-bond donors (Lipinski definition) is 2. The van der Waals surface area contributed by atoms with E-state index in [1.807, 2.05) is 0 Å². The lowest BCUT2D eigenvalue weighted by Crippen LogP contribution is -2.39. The molecule has 1 amide bonds. The van der Waals surface area contributed by atoms with E-state index in [9.17, 15) is 14.4 Å². The molecule has 0 bridgehead atoms. The van der Waals surface area contributed by atoms with Crippen molar-refractivity contribution < 1.29 is 24.6 Å². The Balaban J connectivity index is 2.64. The molecule has 0 aromatic heterocycles. The second kappa shape index (κ2) is 7.49. The molecule has 6 nitrogen and oxygen atoms in total. The van der Waals surface area contributed by atoms with Gasteiger partial charge in [0, 0.05) is 11.4 Å². The Morgan fingerprint density at radius 2 is 1.60 bits per heavy atom. The highest BCUT2D eigenvalue weighted by molar-refractivity contribution is 6.31. The molecule has 1 rings (SSSR count). The number of benzene rings is 1. The van der Waals surface area contributed by atoms with Gasteiger partial charge in [0.05, 0.1) is 0 Å². The third-order valence-corrected chi connectivity index (χ3v) is 2.94. The van der Waals surface area contributed by atoms with Gasteiger partial charge in [0.25, 0.3) is 0 Å². The Morgan fingerprint density at radius 1 is 1.05 bits per heavy atom.